The van der Waals surface area contributed by atoms with Gasteiger partial charge in [0.25, 0.3) is 0 Å². The summed E-state index contributed by atoms with van der Waals surface area (Å²) in [5.74, 6) is 1.12. The molecule has 0 aliphatic heterocycles. The third kappa shape index (κ3) is 2.70. The van der Waals surface area contributed by atoms with Gasteiger partial charge in [-0.05, 0) is 38.8 Å². The van der Waals surface area contributed by atoms with E-state index in [1.807, 2.05) is 25.6 Å². The van der Waals surface area contributed by atoms with Gasteiger partial charge in [-0.15, -0.1) is 0 Å². The van der Waals surface area contributed by atoms with Crippen molar-refractivity contribution in [3.8, 4) is 0 Å². The van der Waals surface area contributed by atoms with Gasteiger partial charge in [0.2, 0.25) is 0 Å². The molecule has 0 radical (unpaired) electrons. The molecule has 2 aromatic rings. The van der Waals surface area contributed by atoms with Crippen LogP contribution >= 0.6 is 0 Å². The van der Waals surface area contributed by atoms with Gasteiger partial charge in [-0.1, -0.05) is 18.2 Å². The molecule has 1 unspecified atom stereocenters. The molecule has 4 nitrogen and oxygen atoms in total. The van der Waals surface area contributed by atoms with E-state index in [-0.39, 0.29) is 6.04 Å². The fourth-order valence-electron chi connectivity index (χ4n) is 2.72. The van der Waals surface area contributed by atoms with E-state index in [1.165, 1.54) is 16.8 Å². The zero-order valence-corrected chi connectivity index (χ0v) is 13.0. The lowest BCUT2D eigenvalue weighted by atomic mass is 10.1. The lowest BCUT2D eigenvalue weighted by molar-refractivity contribution is 0.731. The van der Waals surface area contributed by atoms with Crippen molar-refractivity contribution in [2.24, 2.45) is 12.8 Å². The van der Waals surface area contributed by atoms with E-state index in [2.05, 4.69) is 48.2 Å². The van der Waals surface area contributed by atoms with Crippen LogP contribution in [0, 0.1) is 13.8 Å². The van der Waals surface area contributed by atoms with Crippen LogP contribution in [0.1, 0.15) is 23.7 Å². The molecule has 20 heavy (non-hydrogen) atoms. The van der Waals surface area contributed by atoms with Crippen molar-refractivity contribution in [1.29, 1.82) is 0 Å². The maximum atomic E-state index is 5.98. The van der Waals surface area contributed by atoms with Crippen LogP contribution in [0.25, 0.3) is 0 Å². The van der Waals surface area contributed by atoms with E-state index in [9.17, 15) is 0 Å². The molecule has 108 valence electrons. The Hall–Kier alpha value is -1.81. The zero-order valence-electron chi connectivity index (χ0n) is 13.0. The Bertz CT molecular complexity index is 599. The molecule has 0 saturated heterocycles. The van der Waals surface area contributed by atoms with Crippen LogP contribution in [0.5, 0.6) is 0 Å². The van der Waals surface area contributed by atoms with Crippen molar-refractivity contribution in [1.82, 2.24) is 9.78 Å². The first-order chi connectivity index (χ1) is 9.41. The third-order valence-electron chi connectivity index (χ3n) is 3.63. The molecular weight excluding hydrogens is 248 g/mol. The summed E-state index contributed by atoms with van der Waals surface area (Å²) in [7, 11) is 4.07. The van der Waals surface area contributed by atoms with Gasteiger partial charge in [0.05, 0.1) is 5.69 Å². The normalized spacial score (nSPS) is 12.5. The maximum Gasteiger partial charge on any atom is 0.134 e. The van der Waals surface area contributed by atoms with E-state index in [0.29, 0.717) is 0 Å². The first kappa shape index (κ1) is 14.6. The standard InChI is InChI=1S/C16H24N4/c1-11-8-6-7-9-15(11)19(4)16-14(10-12(2)17)13(3)18-20(16)5/h6-9,12H,10,17H2,1-5H3. The van der Waals surface area contributed by atoms with Crippen molar-refractivity contribution < 1.29 is 0 Å². The second-order valence-electron chi connectivity index (χ2n) is 5.54. The Labute approximate surface area is 121 Å². The zero-order chi connectivity index (χ0) is 14.9. The molecule has 0 amide bonds. The summed E-state index contributed by atoms with van der Waals surface area (Å²) >= 11 is 0. The quantitative estimate of drug-likeness (QED) is 0.931. The number of aryl methyl sites for hydroxylation is 3. The number of para-hydroxylation sites is 1. The number of anilines is 2. The van der Waals surface area contributed by atoms with Gasteiger partial charge in [-0.25, -0.2) is 0 Å². The molecule has 0 fully saturated rings. The molecule has 1 aromatic carbocycles. The summed E-state index contributed by atoms with van der Waals surface area (Å²) in [5, 5.41) is 4.56. The molecule has 2 N–H and O–H groups in total. The van der Waals surface area contributed by atoms with E-state index in [0.717, 1.165) is 17.9 Å². The number of hydrogen-bond acceptors (Lipinski definition) is 3. The minimum absolute atomic E-state index is 0.127. The SMILES string of the molecule is Cc1ccccc1N(C)c1c(CC(C)N)c(C)nn1C. The molecule has 0 spiro atoms. The predicted octanol–water partition coefficient (Wildman–Crippen LogP) is 2.69. The van der Waals surface area contributed by atoms with Crippen molar-refractivity contribution >= 4 is 11.5 Å². The van der Waals surface area contributed by atoms with Crippen molar-refractivity contribution in [2.45, 2.75) is 33.2 Å². The average molecular weight is 272 g/mol. The van der Waals surface area contributed by atoms with E-state index < -0.39 is 0 Å². The lowest BCUT2D eigenvalue weighted by Gasteiger charge is -2.23. The van der Waals surface area contributed by atoms with Crippen LogP contribution in [-0.4, -0.2) is 22.9 Å². The second-order valence-corrected chi connectivity index (χ2v) is 5.54. The van der Waals surface area contributed by atoms with Gasteiger partial charge in [-0.2, -0.15) is 5.10 Å². The monoisotopic (exact) mass is 272 g/mol. The third-order valence-corrected chi connectivity index (χ3v) is 3.63. The number of aromatic nitrogens is 2. The highest BCUT2D eigenvalue weighted by atomic mass is 15.4. The van der Waals surface area contributed by atoms with E-state index in [1.54, 1.807) is 0 Å². The Morgan fingerprint density at radius 3 is 2.55 bits per heavy atom. The number of benzene rings is 1. The molecule has 0 aliphatic rings. The highest BCUT2D eigenvalue weighted by Crippen LogP contribution is 2.31. The summed E-state index contributed by atoms with van der Waals surface area (Å²) in [6, 6.07) is 8.51. The van der Waals surface area contributed by atoms with Gasteiger partial charge in [0.1, 0.15) is 5.82 Å². The topological polar surface area (TPSA) is 47.1 Å². The molecule has 4 heteroatoms. The second kappa shape index (κ2) is 5.67. The Kier molecular flexibility index (Phi) is 4.14. The highest BCUT2D eigenvalue weighted by Gasteiger charge is 2.19. The molecule has 1 aromatic heterocycles. The largest absolute Gasteiger partial charge is 0.329 e. The minimum Gasteiger partial charge on any atom is -0.329 e. The van der Waals surface area contributed by atoms with Gasteiger partial charge in [-0.3, -0.25) is 4.68 Å². The first-order valence-electron chi connectivity index (χ1n) is 6.99. The van der Waals surface area contributed by atoms with Gasteiger partial charge in [0, 0.05) is 31.4 Å². The number of hydrogen-bond donors (Lipinski definition) is 1. The van der Waals surface area contributed by atoms with Crippen molar-refractivity contribution in [3.05, 3.63) is 41.1 Å². The molecule has 0 bridgehead atoms. The van der Waals surface area contributed by atoms with Crippen LogP contribution in [0.2, 0.25) is 0 Å². The number of nitrogens with two attached hydrogens (primary N) is 1. The van der Waals surface area contributed by atoms with Crippen LogP contribution in [0.15, 0.2) is 24.3 Å². The molecule has 1 heterocycles. The summed E-state index contributed by atoms with van der Waals surface area (Å²) < 4.78 is 1.94. The smallest absolute Gasteiger partial charge is 0.134 e. The van der Waals surface area contributed by atoms with Gasteiger partial charge >= 0.3 is 0 Å². The Morgan fingerprint density at radius 2 is 1.95 bits per heavy atom. The van der Waals surface area contributed by atoms with Crippen molar-refractivity contribution in [2.75, 3.05) is 11.9 Å². The van der Waals surface area contributed by atoms with E-state index in [4.69, 9.17) is 5.73 Å². The predicted molar refractivity (Wildman–Crippen MR) is 84.5 cm³/mol. The van der Waals surface area contributed by atoms with Crippen LogP contribution in [0.3, 0.4) is 0 Å². The summed E-state index contributed by atoms with van der Waals surface area (Å²) in [6.45, 7) is 6.21. The van der Waals surface area contributed by atoms with Crippen LogP contribution in [-0.2, 0) is 13.5 Å². The van der Waals surface area contributed by atoms with Crippen LogP contribution in [0.4, 0.5) is 11.5 Å². The molecular formula is C16H24N4. The van der Waals surface area contributed by atoms with Crippen LogP contribution < -0.4 is 10.6 Å². The Morgan fingerprint density at radius 1 is 1.30 bits per heavy atom. The molecule has 2 rings (SSSR count). The first-order valence-corrected chi connectivity index (χ1v) is 6.99. The fourth-order valence-corrected chi connectivity index (χ4v) is 2.72. The van der Waals surface area contributed by atoms with Gasteiger partial charge in [0.15, 0.2) is 0 Å². The maximum absolute atomic E-state index is 5.98. The highest BCUT2D eigenvalue weighted by molar-refractivity contribution is 5.66. The summed E-state index contributed by atoms with van der Waals surface area (Å²) in [6.07, 6.45) is 0.839. The van der Waals surface area contributed by atoms with Gasteiger partial charge < -0.3 is 10.6 Å². The molecule has 1 atom stereocenters. The fraction of sp³-hybridized carbons (Fsp3) is 0.438. The summed E-state index contributed by atoms with van der Waals surface area (Å²) in [4.78, 5) is 2.20. The van der Waals surface area contributed by atoms with Crippen molar-refractivity contribution in [3.63, 3.8) is 0 Å². The molecule has 0 aliphatic carbocycles. The average Bonchev–Trinajstić information content (AvgIpc) is 2.63. The lowest BCUT2D eigenvalue weighted by Crippen LogP contribution is -2.21. The number of nitrogens with zero attached hydrogens (tertiary/aromatic N) is 3. The molecule has 0 saturated carbocycles. The minimum atomic E-state index is 0.127. The Balaban J connectivity index is 2.49. The number of rotatable bonds is 4. The summed E-state index contributed by atoms with van der Waals surface area (Å²) in [5.41, 5.74) is 10.7. The van der Waals surface area contributed by atoms with E-state index >= 15 is 0 Å².